The molecule has 0 atom stereocenters. The zero-order chi connectivity index (χ0) is 12.6. The number of sulfonamides is 1. The van der Waals surface area contributed by atoms with Gasteiger partial charge in [0, 0.05) is 17.0 Å². The van der Waals surface area contributed by atoms with Crippen molar-refractivity contribution in [1.82, 2.24) is 0 Å². The van der Waals surface area contributed by atoms with Crippen molar-refractivity contribution in [1.29, 1.82) is 0 Å². The maximum absolute atomic E-state index is 12.1. The van der Waals surface area contributed by atoms with E-state index in [2.05, 4.69) is 0 Å². The predicted octanol–water partition coefficient (Wildman–Crippen LogP) is 2.99. The third-order valence-electron chi connectivity index (χ3n) is 2.81. The predicted molar refractivity (Wildman–Crippen MR) is 73.6 cm³/mol. The van der Waals surface area contributed by atoms with Crippen LogP contribution in [0, 0.1) is 0 Å². The number of benzene rings is 1. The highest BCUT2D eigenvalue weighted by molar-refractivity contribution is 7.99. The molecule has 1 aliphatic carbocycles. The number of hydrogen-bond donors (Lipinski definition) is 0. The van der Waals surface area contributed by atoms with Crippen LogP contribution in [0.15, 0.2) is 23.1 Å². The SMILES string of the molecule is CSc1ccc(Cl)cc1N(C)S(=O)(=O)C1CC1. The molecule has 0 spiro atoms. The van der Waals surface area contributed by atoms with Gasteiger partial charge in [-0.1, -0.05) is 11.6 Å². The molecule has 3 nitrogen and oxygen atoms in total. The van der Waals surface area contributed by atoms with Gasteiger partial charge in [-0.15, -0.1) is 11.8 Å². The zero-order valence-electron chi connectivity index (χ0n) is 9.68. The number of hydrogen-bond acceptors (Lipinski definition) is 3. The third kappa shape index (κ3) is 2.56. The number of thioether (sulfide) groups is 1. The van der Waals surface area contributed by atoms with Crippen LogP contribution in [0.5, 0.6) is 0 Å². The fourth-order valence-corrected chi connectivity index (χ4v) is 4.07. The van der Waals surface area contributed by atoms with Crippen molar-refractivity contribution in [2.24, 2.45) is 0 Å². The van der Waals surface area contributed by atoms with E-state index in [0.717, 1.165) is 17.7 Å². The minimum atomic E-state index is -3.21. The number of nitrogens with zero attached hydrogens (tertiary/aromatic N) is 1. The second-order valence-corrected chi connectivity index (χ2v) is 7.56. The minimum absolute atomic E-state index is 0.207. The fraction of sp³-hybridized carbons (Fsp3) is 0.455. The first-order valence-electron chi connectivity index (χ1n) is 5.28. The molecule has 0 N–H and O–H groups in total. The average molecular weight is 292 g/mol. The fourth-order valence-electron chi connectivity index (χ4n) is 1.64. The maximum atomic E-state index is 12.1. The summed E-state index contributed by atoms with van der Waals surface area (Å²) >= 11 is 7.45. The normalized spacial score (nSPS) is 15.9. The summed E-state index contributed by atoms with van der Waals surface area (Å²) in [5.41, 5.74) is 0.664. The first kappa shape index (κ1) is 13.1. The lowest BCUT2D eigenvalue weighted by molar-refractivity contribution is 0.593. The summed E-state index contributed by atoms with van der Waals surface area (Å²) in [6, 6.07) is 5.32. The van der Waals surface area contributed by atoms with Crippen LogP contribution in [0.2, 0.25) is 5.02 Å². The number of halogens is 1. The molecular formula is C11H14ClNO2S2. The van der Waals surface area contributed by atoms with E-state index in [4.69, 9.17) is 11.6 Å². The standard InChI is InChI=1S/C11H14ClNO2S2/c1-13(17(14,15)9-4-5-9)10-7-8(12)3-6-11(10)16-2/h3,6-7,9H,4-5H2,1-2H3. The smallest absolute Gasteiger partial charge is 0.237 e. The van der Waals surface area contributed by atoms with Gasteiger partial charge >= 0.3 is 0 Å². The molecule has 1 aromatic rings. The van der Waals surface area contributed by atoms with Crippen molar-refractivity contribution < 1.29 is 8.42 Å². The molecule has 0 aliphatic heterocycles. The van der Waals surface area contributed by atoms with E-state index in [-0.39, 0.29) is 5.25 Å². The van der Waals surface area contributed by atoms with E-state index in [1.165, 1.54) is 16.1 Å². The molecule has 1 saturated carbocycles. The van der Waals surface area contributed by atoms with Gasteiger partial charge in [-0.05, 0) is 37.3 Å². The highest BCUT2D eigenvalue weighted by Gasteiger charge is 2.39. The summed E-state index contributed by atoms with van der Waals surface area (Å²) in [6.07, 6.45) is 3.45. The average Bonchev–Trinajstić information content (AvgIpc) is 3.12. The zero-order valence-corrected chi connectivity index (χ0v) is 12.1. The summed E-state index contributed by atoms with van der Waals surface area (Å²) in [5.74, 6) is 0. The molecule has 1 aliphatic rings. The highest BCUT2D eigenvalue weighted by Crippen LogP contribution is 2.37. The van der Waals surface area contributed by atoms with E-state index < -0.39 is 10.0 Å². The van der Waals surface area contributed by atoms with Gasteiger partial charge in [0.1, 0.15) is 0 Å². The molecule has 94 valence electrons. The van der Waals surface area contributed by atoms with E-state index in [1.807, 2.05) is 12.3 Å². The second-order valence-electron chi connectivity index (χ2n) is 4.03. The van der Waals surface area contributed by atoms with Crippen LogP contribution in [0.25, 0.3) is 0 Å². The molecule has 17 heavy (non-hydrogen) atoms. The molecule has 0 saturated heterocycles. The van der Waals surface area contributed by atoms with Crippen LogP contribution in [0.4, 0.5) is 5.69 Å². The van der Waals surface area contributed by atoms with E-state index in [1.54, 1.807) is 19.2 Å². The summed E-state index contributed by atoms with van der Waals surface area (Å²) in [5, 5.41) is 0.344. The monoisotopic (exact) mass is 291 g/mol. The van der Waals surface area contributed by atoms with Gasteiger partial charge in [0.15, 0.2) is 0 Å². The van der Waals surface area contributed by atoms with Crippen LogP contribution in [-0.2, 0) is 10.0 Å². The van der Waals surface area contributed by atoms with Crippen molar-refractivity contribution in [2.75, 3.05) is 17.6 Å². The number of anilines is 1. The van der Waals surface area contributed by atoms with Gasteiger partial charge in [0.05, 0.1) is 10.9 Å². The Kier molecular flexibility index (Phi) is 3.61. The molecule has 1 fully saturated rings. The minimum Gasteiger partial charge on any atom is -0.272 e. The van der Waals surface area contributed by atoms with Gasteiger partial charge in [-0.2, -0.15) is 0 Å². The topological polar surface area (TPSA) is 37.4 Å². The number of rotatable bonds is 4. The van der Waals surface area contributed by atoms with Crippen LogP contribution >= 0.6 is 23.4 Å². The van der Waals surface area contributed by atoms with Crippen molar-refractivity contribution in [3.05, 3.63) is 23.2 Å². The van der Waals surface area contributed by atoms with Crippen molar-refractivity contribution in [2.45, 2.75) is 23.0 Å². The lowest BCUT2D eigenvalue weighted by Crippen LogP contribution is -2.30. The summed E-state index contributed by atoms with van der Waals surface area (Å²) < 4.78 is 25.7. The lowest BCUT2D eigenvalue weighted by atomic mass is 10.3. The van der Waals surface area contributed by atoms with Crippen LogP contribution < -0.4 is 4.31 Å². The molecule has 0 unspecified atom stereocenters. The summed E-state index contributed by atoms with van der Waals surface area (Å²) in [6.45, 7) is 0. The van der Waals surface area contributed by atoms with Crippen molar-refractivity contribution in [3.8, 4) is 0 Å². The van der Waals surface area contributed by atoms with Gasteiger partial charge < -0.3 is 0 Å². The largest absolute Gasteiger partial charge is 0.272 e. The molecule has 0 amide bonds. The van der Waals surface area contributed by atoms with Crippen molar-refractivity contribution >= 4 is 39.1 Å². The molecule has 2 rings (SSSR count). The van der Waals surface area contributed by atoms with Crippen molar-refractivity contribution in [3.63, 3.8) is 0 Å². The Hall–Kier alpha value is -0.390. The first-order chi connectivity index (χ1) is 7.96. The second kappa shape index (κ2) is 4.71. The molecular weight excluding hydrogens is 278 g/mol. The summed E-state index contributed by atoms with van der Waals surface area (Å²) in [7, 11) is -1.61. The first-order valence-corrected chi connectivity index (χ1v) is 8.38. The maximum Gasteiger partial charge on any atom is 0.237 e. The molecule has 1 aromatic carbocycles. The van der Waals surface area contributed by atoms with Crippen LogP contribution in [-0.4, -0.2) is 27.0 Å². The highest BCUT2D eigenvalue weighted by atomic mass is 35.5. The van der Waals surface area contributed by atoms with Gasteiger partial charge in [0.25, 0.3) is 0 Å². The Morgan fingerprint density at radius 1 is 1.41 bits per heavy atom. The molecule has 0 heterocycles. The lowest BCUT2D eigenvalue weighted by Gasteiger charge is -2.21. The van der Waals surface area contributed by atoms with Gasteiger partial charge in [-0.25, -0.2) is 8.42 Å². The Balaban J connectivity index is 2.42. The molecule has 6 heteroatoms. The Morgan fingerprint density at radius 2 is 2.06 bits per heavy atom. The van der Waals surface area contributed by atoms with Gasteiger partial charge in [-0.3, -0.25) is 4.31 Å². The molecule has 0 radical (unpaired) electrons. The van der Waals surface area contributed by atoms with Gasteiger partial charge in [0.2, 0.25) is 10.0 Å². The van der Waals surface area contributed by atoms with E-state index >= 15 is 0 Å². The Morgan fingerprint density at radius 3 is 2.59 bits per heavy atom. The summed E-state index contributed by atoms with van der Waals surface area (Å²) in [4.78, 5) is 0.918. The van der Waals surface area contributed by atoms with E-state index in [0.29, 0.717) is 10.7 Å². The molecule has 0 aromatic heterocycles. The van der Waals surface area contributed by atoms with Crippen LogP contribution in [0.1, 0.15) is 12.8 Å². The quantitative estimate of drug-likeness (QED) is 0.800. The Bertz CT molecular complexity index is 526. The molecule has 0 bridgehead atoms. The third-order valence-corrected chi connectivity index (χ3v) is 6.10. The van der Waals surface area contributed by atoms with E-state index in [9.17, 15) is 8.42 Å². The Labute approximate surface area is 111 Å². The van der Waals surface area contributed by atoms with Crippen LogP contribution in [0.3, 0.4) is 0 Å².